The monoisotopic (exact) mass is 272 g/mol. The normalized spacial score (nSPS) is 11.3. The van der Waals surface area contributed by atoms with Crippen LogP contribution in [0.1, 0.15) is 36.5 Å². The third kappa shape index (κ3) is 3.45. The lowest BCUT2D eigenvalue weighted by Crippen LogP contribution is -2.20. The Morgan fingerprint density at radius 2 is 1.95 bits per heavy atom. The maximum atomic E-state index is 4.68. The second-order valence-electron chi connectivity index (χ2n) is 5.78. The van der Waals surface area contributed by atoms with Crippen molar-refractivity contribution in [1.29, 1.82) is 0 Å². The number of aromatic nitrogens is 3. The van der Waals surface area contributed by atoms with Crippen LogP contribution in [0.5, 0.6) is 0 Å². The number of nitrogens with one attached hydrogen (secondary N) is 1. The summed E-state index contributed by atoms with van der Waals surface area (Å²) in [5.41, 5.74) is 4.44. The van der Waals surface area contributed by atoms with Gasteiger partial charge in [-0.2, -0.15) is 5.10 Å². The summed E-state index contributed by atoms with van der Waals surface area (Å²) < 4.78 is 1.90. The van der Waals surface area contributed by atoms with Crippen molar-refractivity contribution < 1.29 is 0 Å². The molecule has 0 saturated carbocycles. The van der Waals surface area contributed by atoms with Crippen LogP contribution < -0.4 is 5.32 Å². The Labute approximate surface area is 121 Å². The highest BCUT2D eigenvalue weighted by molar-refractivity contribution is 5.31. The van der Waals surface area contributed by atoms with Crippen LogP contribution in [0.25, 0.3) is 5.82 Å². The van der Waals surface area contributed by atoms with E-state index >= 15 is 0 Å². The third-order valence-electron chi connectivity index (χ3n) is 3.28. The van der Waals surface area contributed by atoms with Crippen LogP contribution in [0.15, 0.2) is 18.2 Å². The first-order valence-corrected chi connectivity index (χ1v) is 7.18. The Bertz CT molecular complexity index is 584. The molecule has 2 aromatic heterocycles. The zero-order chi connectivity index (χ0) is 14.7. The zero-order valence-corrected chi connectivity index (χ0v) is 13.1. The third-order valence-corrected chi connectivity index (χ3v) is 3.28. The molecule has 4 nitrogen and oxygen atoms in total. The number of aryl methyl sites for hydroxylation is 3. The Kier molecular flexibility index (Phi) is 4.55. The maximum Gasteiger partial charge on any atom is 0.153 e. The highest BCUT2D eigenvalue weighted by atomic mass is 15.3. The first kappa shape index (κ1) is 14.7. The average Bonchev–Trinajstić information content (AvgIpc) is 2.70. The van der Waals surface area contributed by atoms with E-state index in [1.165, 1.54) is 5.56 Å². The van der Waals surface area contributed by atoms with E-state index in [4.69, 9.17) is 0 Å². The van der Waals surface area contributed by atoms with Crippen molar-refractivity contribution >= 4 is 0 Å². The molecule has 0 aliphatic rings. The van der Waals surface area contributed by atoms with Crippen molar-refractivity contribution in [3.63, 3.8) is 0 Å². The summed E-state index contributed by atoms with van der Waals surface area (Å²) in [6.07, 6.45) is 0. The van der Waals surface area contributed by atoms with Crippen molar-refractivity contribution in [3.8, 4) is 5.82 Å². The predicted octanol–water partition coefficient (Wildman–Crippen LogP) is 2.94. The van der Waals surface area contributed by atoms with Gasteiger partial charge in [-0.3, -0.25) is 0 Å². The van der Waals surface area contributed by atoms with Gasteiger partial charge in [0, 0.05) is 17.9 Å². The van der Waals surface area contributed by atoms with Gasteiger partial charge < -0.3 is 5.32 Å². The molecule has 2 aromatic rings. The van der Waals surface area contributed by atoms with Gasteiger partial charge in [-0.25, -0.2) is 9.67 Å². The van der Waals surface area contributed by atoms with Gasteiger partial charge in [-0.05, 0) is 50.9 Å². The molecule has 0 fully saturated rings. The minimum Gasteiger partial charge on any atom is -0.312 e. The van der Waals surface area contributed by atoms with E-state index in [0.29, 0.717) is 5.92 Å². The second-order valence-corrected chi connectivity index (χ2v) is 5.78. The Hall–Kier alpha value is -1.68. The van der Waals surface area contributed by atoms with Gasteiger partial charge in [0.2, 0.25) is 0 Å². The van der Waals surface area contributed by atoms with Gasteiger partial charge in [0.05, 0.1) is 5.69 Å². The molecule has 0 unspecified atom stereocenters. The molecule has 0 bridgehead atoms. The maximum absolute atomic E-state index is 4.68. The fraction of sp³-hybridized carbons (Fsp3) is 0.500. The lowest BCUT2D eigenvalue weighted by molar-refractivity contribution is 0.550. The van der Waals surface area contributed by atoms with E-state index in [-0.39, 0.29) is 0 Å². The molecule has 0 radical (unpaired) electrons. The summed E-state index contributed by atoms with van der Waals surface area (Å²) in [6, 6.07) is 6.25. The van der Waals surface area contributed by atoms with E-state index < -0.39 is 0 Å². The van der Waals surface area contributed by atoms with Gasteiger partial charge >= 0.3 is 0 Å². The topological polar surface area (TPSA) is 42.7 Å². The molecule has 20 heavy (non-hydrogen) atoms. The number of pyridine rings is 1. The smallest absolute Gasteiger partial charge is 0.153 e. The van der Waals surface area contributed by atoms with E-state index in [9.17, 15) is 0 Å². The van der Waals surface area contributed by atoms with E-state index in [2.05, 4.69) is 55.2 Å². The summed E-state index contributed by atoms with van der Waals surface area (Å²) in [5, 5.41) is 7.93. The van der Waals surface area contributed by atoms with Crippen molar-refractivity contribution in [2.75, 3.05) is 6.54 Å². The fourth-order valence-electron chi connectivity index (χ4n) is 2.24. The molecular weight excluding hydrogens is 248 g/mol. The van der Waals surface area contributed by atoms with Gasteiger partial charge in [0.1, 0.15) is 0 Å². The SMILES string of the molecule is Cc1cc(C)n(-c2ccc(CNCC(C)C)c(C)n2)n1. The summed E-state index contributed by atoms with van der Waals surface area (Å²) in [5.74, 6) is 1.55. The highest BCUT2D eigenvalue weighted by Crippen LogP contribution is 2.13. The Balaban J connectivity index is 2.15. The minimum atomic E-state index is 0.664. The molecule has 0 aliphatic heterocycles. The number of hydrogen-bond donors (Lipinski definition) is 1. The molecule has 108 valence electrons. The second kappa shape index (κ2) is 6.18. The van der Waals surface area contributed by atoms with Gasteiger partial charge in [-0.1, -0.05) is 19.9 Å². The lowest BCUT2D eigenvalue weighted by atomic mass is 10.2. The van der Waals surface area contributed by atoms with Gasteiger partial charge in [0.25, 0.3) is 0 Å². The average molecular weight is 272 g/mol. The summed E-state index contributed by atoms with van der Waals surface area (Å²) >= 11 is 0. The van der Waals surface area contributed by atoms with Crippen LogP contribution in [-0.2, 0) is 6.54 Å². The molecule has 0 spiro atoms. The molecule has 0 aliphatic carbocycles. The highest BCUT2D eigenvalue weighted by Gasteiger charge is 2.07. The molecular formula is C16H24N4. The van der Waals surface area contributed by atoms with Crippen molar-refractivity contribution in [1.82, 2.24) is 20.1 Å². The largest absolute Gasteiger partial charge is 0.312 e. The summed E-state index contributed by atoms with van der Waals surface area (Å²) in [4.78, 5) is 4.68. The first-order valence-electron chi connectivity index (χ1n) is 7.18. The van der Waals surface area contributed by atoms with Crippen molar-refractivity contribution in [2.45, 2.75) is 41.2 Å². The summed E-state index contributed by atoms with van der Waals surface area (Å²) in [7, 11) is 0. The molecule has 0 atom stereocenters. The number of nitrogens with zero attached hydrogens (tertiary/aromatic N) is 3. The predicted molar refractivity (Wildman–Crippen MR) is 82.1 cm³/mol. The van der Waals surface area contributed by atoms with Crippen LogP contribution in [0.2, 0.25) is 0 Å². The molecule has 0 aromatic carbocycles. The molecule has 2 heterocycles. The molecule has 0 saturated heterocycles. The van der Waals surface area contributed by atoms with Crippen molar-refractivity contribution in [3.05, 3.63) is 40.8 Å². The van der Waals surface area contributed by atoms with Gasteiger partial charge in [-0.15, -0.1) is 0 Å². The van der Waals surface area contributed by atoms with E-state index in [1.54, 1.807) is 0 Å². The Morgan fingerprint density at radius 3 is 2.50 bits per heavy atom. The number of rotatable bonds is 5. The van der Waals surface area contributed by atoms with Crippen LogP contribution in [0, 0.1) is 26.7 Å². The molecule has 4 heteroatoms. The molecule has 0 amide bonds. The summed E-state index contributed by atoms with van der Waals surface area (Å²) in [6.45, 7) is 12.4. The standard InChI is InChI=1S/C16H24N4/c1-11(2)9-17-10-15-6-7-16(18-14(15)5)20-13(4)8-12(3)19-20/h6-8,11,17H,9-10H2,1-5H3. The van der Waals surface area contributed by atoms with Crippen LogP contribution >= 0.6 is 0 Å². The first-order chi connectivity index (χ1) is 9.47. The van der Waals surface area contributed by atoms with Crippen molar-refractivity contribution in [2.24, 2.45) is 5.92 Å². The quantitative estimate of drug-likeness (QED) is 0.910. The van der Waals surface area contributed by atoms with Crippen LogP contribution in [0.3, 0.4) is 0 Å². The molecule has 1 N–H and O–H groups in total. The van der Waals surface area contributed by atoms with E-state index in [0.717, 1.165) is 36.0 Å². The molecule has 2 rings (SSSR count). The Morgan fingerprint density at radius 1 is 1.20 bits per heavy atom. The van der Waals surface area contributed by atoms with Gasteiger partial charge in [0.15, 0.2) is 5.82 Å². The fourth-order valence-corrected chi connectivity index (χ4v) is 2.24. The van der Waals surface area contributed by atoms with Crippen LogP contribution in [-0.4, -0.2) is 21.3 Å². The minimum absolute atomic E-state index is 0.664. The lowest BCUT2D eigenvalue weighted by Gasteiger charge is -2.11. The van der Waals surface area contributed by atoms with Crippen LogP contribution in [0.4, 0.5) is 0 Å². The van der Waals surface area contributed by atoms with E-state index in [1.807, 2.05) is 17.7 Å². The zero-order valence-electron chi connectivity index (χ0n) is 13.1. The number of hydrogen-bond acceptors (Lipinski definition) is 3.